The van der Waals surface area contributed by atoms with Crippen LogP contribution in [0.1, 0.15) is 130 Å². The summed E-state index contributed by atoms with van der Waals surface area (Å²) in [6, 6.07) is 21.5. The summed E-state index contributed by atoms with van der Waals surface area (Å²) in [4.78, 5) is 55.8. The number of thiazole rings is 1. The number of aliphatic hydroxyl groups is 1. The molecule has 4 atom stereocenters. The number of carbonyl (C=O) groups is 2. The molecule has 3 aliphatic heterocycles. The minimum atomic E-state index is -0.801. The number of piperidine rings is 1. The summed E-state index contributed by atoms with van der Waals surface area (Å²) in [5.41, 5.74) is 9.29. The molecule has 0 bridgehead atoms. The predicted molar refractivity (Wildman–Crippen MR) is 259 cm³/mol. The minimum absolute atomic E-state index is 0.0904. The Morgan fingerprint density at radius 2 is 1.79 bits per heavy atom. The topological polar surface area (TPSA) is 147 Å². The maximum absolute atomic E-state index is 14.3. The Labute approximate surface area is 395 Å². The number of aryl methyl sites for hydroxylation is 2. The molecule has 0 aliphatic carbocycles. The van der Waals surface area contributed by atoms with Crippen LogP contribution in [0.5, 0.6) is 0 Å². The first-order chi connectivity index (χ1) is 31.7. The maximum atomic E-state index is 14.3. The van der Waals surface area contributed by atoms with Gasteiger partial charge in [0.05, 0.1) is 60.9 Å². The number of benzene rings is 3. The summed E-state index contributed by atoms with van der Waals surface area (Å²) < 4.78 is 7.66. The van der Waals surface area contributed by atoms with Crippen molar-refractivity contribution in [1.82, 2.24) is 34.8 Å². The lowest BCUT2D eigenvalue weighted by Gasteiger charge is -2.32. The van der Waals surface area contributed by atoms with Crippen molar-refractivity contribution in [2.45, 2.75) is 122 Å². The molecule has 0 saturated carbocycles. The van der Waals surface area contributed by atoms with Gasteiger partial charge in [-0.15, -0.1) is 11.3 Å². The van der Waals surface area contributed by atoms with Crippen LogP contribution in [0.2, 0.25) is 5.02 Å². The van der Waals surface area contributed by atoms with E-state index in [4.69, 9.17) is 16.1 Å². The van der Waals surface area contributed by atoms with Gasteiger partial charge >= 0.3 is 0 Å². The Bertz CT molecular complexity index is 2810. The number of aliphatic hydroxyl groups excluding tert-OH is 1. The first kappa shape index (κ1) is 45.9. The maximum Gasteiger partial charge on any atom is 0.282 e. The monoisotopic (exact) mass is 929 g/mol. The molecule has 2 saturated heterocycles. The van der Waals surface area contributed by atoms with Crippen LogP contribution in [0.3, 0.4) is 0 Å². The van der Waals surface area contributed by atoms with E-state index in [1.54, 1.807) is 28.4 Å². The Balaban J connectivity index is 0.826. The summed E-state index contributed by atoms with van der Waals surface area (Å²) in [6.45, 7) is 15.2. The number of nitrogens with one attached hydrogen (secondary N) is 1. The summed E-state index contributed by atoms with van der Waals surface area (Å²) in [7, 11) is 0. The lowest BCUT2D eigenvalue weighted by molar-refractivity contribution is -0.141. The van der Waals surface area contributed by atoms with Crippen LogP contribution < -0.4 is 10.9 Å². The Hall–Kier alpha value is -5.21. The number of hydrogen-bond acceptors (Lipinski definition) is 10. The van der Waals surface area contributed by atoms with E-state index in [1.165, 1.54) is 11.1 Å². The molecule has 0 radical (unpaired) electrons. The van der Waals surface area contributed by atoms with E-state index >= 15 is 0 Å². The van der Waals surface area contributed by atoms with Gasteiger partial charge < -0.3 is 24.7 Å². The molecule has 2 amide bonds. The van der Waals surface area contributed by atoms with Gasteiger partial charge in [-0.05, 0) is 125 Å². The zero-order chi connectivity index (χ0) is 46.4. The largest absolute Gasteiger partial charge is 0.391 e. The van der Waals surface area contributed by atoms with E-state index in [0.29, 0.717) is 27.8 Å². The van der Waals surface area contributed by atoms with Crippen LogP contribution in [-0.4, -0.2) is 84.7 Å². The fraction of sp³-hybridized carbons (Fsp3) is 0.462. The van der Waals surface area contributed by atoms with Crippen molar-refractivity contribution in [2.24, 2.45) is 5.92 Å². The molecular weight excluding hydrogens is 870 g/mol. The summed E-state index contributed by atoms with van der Waals surface area (Å²) in [6.07, 6.45) is 5.27. The first-order valence-corrected chi connectivity index (χ1v) is 24.8. The van der Waals surface area contributed by atoms with E-state index in [9.17, 15) is 19.5 Å². The Kier molecular flexibility index (Phi) is 13.1. The third-order valence-electron chi connectivity index (χ3n) is 14.3. The molecule has 346 valence electrons. The number of hydrogen-bond donors (Lipinski definition) is 2. The van der Waals surface area contributed by atoms with E-state index in [0.717, 1.165) is 96.9 Å². The third kappa shape index (κ3) is 8.87. The summed E-state index contributed by atoms with van der Waals surface area (Å²) >= 11 is 8.11. The van der Waals surface area contributed by atoms with Crippen molar-refractivity contribution in [3.05, 3.63) is 127 Å². The van der Waals surface area contributed by atoms with E-state index in [2.05, 4.69) is 86.2 Å². The van der Waals surface area contributed by atoms with Crippen LogP contribution in [-0.2, 0) is 15.0 Å². The highest BCUT2D eigenvalue weighted by Gasteiger charge is 2.44. The number of halogens is 1. The highest BCUT2D eigenvalue weighted by molar-refractivity contribution is 7.13. The predicted octanol–water partition coefficient (Wildman–Crippen LogP) is 9.41. The molecule has 14 heteroatoms. The average molecular weight is 931 g/mol. The van der Waals surface area contributed by atoms with Gasteiger partial charge in [-0.3, -0.25) is 19.0 Å². The zero-order valence-corrected chi connectivity index (χ0v) is 40.3. The molecule has 6 heterocycles. The van der Waals surface area contributed by atoms with E-state index in [-0.39, 0.29) is 42.3 Å². The standard InChI is InChI=1S/C52H60ClN7O5S/c1-30(2)45(44-25-31(3)57-65-44)50(64)59-28-37(61)27-43(59)48(62)55-40(34-14-16-35(17-15-34)47-32(4)54-29-66-47)12-8-7-9-22-58-23-20-33(21-24-58)36-18-19-41-38(26-36)52(5,6)51-56-49(63)46-39(53)11-10-13-42(46)60(41)51/h10-11,13-19,25-26,29-30,33,37,40,43,45,61H,7-9,12,20-24,27-28H2,1-6H3,(H,55,62)/t37-,40+,43+,45?/m1/s1. The van der Waals surface area contributed by atoms with Crippen LogP contribution in [0.25, 0.3) is 27.0 Å². The van der Waals surface area contributed by atoms with Gasteiger partial charge in [0.25, 0.3) is 5.56 Å². The molecular formula is C52H60ClN7O5S. The second kappa shape index (κ2) is 18.8. The summed E-state index contributed by atoms with van der Waals surface area (Å²) in [5.74, 6) is 0.471. The summed E-state index contributed by atoms with van der Waals surface area (Å²) in [5, 5.41) is 19.1. The number of amides is 2. The lowest BCUT2D eigenvalue weighted by atomic mass is 9.81. The quantitative estimate of drug-likeness (QED) is 0.102. The van der Waals surface area contributed by atoms with E-state index in [1.807, 2.05) is 45.3 Å². The molecule has 9 rings (SSSR count). The number of likely N-dealkylation sites (tertiary alicyclic amines) is 2. The molecule has 12 nitrogen and oxygen atoms in total. The molecule has 3 aromatic heterocycles. The second-order valence-corrected chi connectivity index (χ2v) is 20.8. The minimum Gasteiger partial charge on any atom is -0.391 e. The lowest BCUT2D eigenvalue weighted by Crippen LogP contribution is -2.48. The zero-order valence-electron chi connectivity index (χ0n) is 38.7. The van der Waals surface area contributed by atoms with Crippen molar-refractivity contribution in [3.63, 3.8) is 0 Å². The van der Waals surface area contributed by atoms with Crippen LogP contribution in [0, 0.1) is 19.8 Å². The van der Waals surface area contributed by atoms with Crippen molar-refractivity contribution < 1.29 is 19.2 Å². The van der Waals surface area contributed by atoms with Crippen molar-refractivity contribution in [3.8, 4) is 16.1 Å². The van der Waals surface area contributed by atoms with E-state index < -0.39 is 23.5 Å². The fourth-order valence-corrected chi connectivity index (χ4v) is 11.7. The van der Waals surface area contributed by atoms with Crippen LogP contribution >= 0.6 is 22.9 Å². The van der Waals surface area contributed by atoms with Crippen molar-refractivity contribution in [2.75, 3.05) is 26.2 Å². The highest BCUT2D eigenvalue weighted by Crippen LogP contribution is 2.45. The number of aromatic nitrogens is 4. The molecule has 3 aromatic carbocycles. The first-order valence-electron chi connectivity index (χ1n) is 23.5. The Morgan fingerprint density at radius 1 is 1.02 bits per heavy atom. The van der Waals surface area contributed by atoms with Gasteiger partial charge in [-0.1, -0.05) is 85.9 Å². The third-order valence-corrected chi connectivity index (χ3v) is 15.6. The van der Waals surface area contributed by atoms with Gasteiger partial charge in [0, 0.05) is 19.0 Å². The number of β-amino-alcohol motifs (C(OH)–C–C–N with tert-alkyl or cyclic N) is 1. The average Bonchev–Trinajstić information content (AvgIpc) is 4.08. The van der Waals surface area contributed by atoms with Crippen molar-refractivity contribution >= 4 is 45.7 Å². The van der Waals surface area contributed by atoms with Gasteiger partial charge in [-0.25, -0.2) is 4.98 Å². The highest BCUT2D eigenvalue weighted by atomic mass is 35.5. The number of rotatable bonds is 14. The molecule has 0 spiro atoms. The fourth-order valence-electron chi connectivity index (χ4n) is 10.6. The molecule has 2 fully saturated rings. The smallest absolute Gasteiger partial charge is 0.282 e. The second-order valence-electron chi connectivity index (χ2n) is 19.5. The molecule has 3 aliphatic rings. The normalized spacial score (nSPS) is 19.3. The van der Waals surface area contributed by atoms with Gasteiger partial charge in [-0.2, -0.15) is 4.98 Å². The number of carbonyl (C=O) groups excluding carboxylic acids is 2. The van der Waals surface area contributed by atoms with Gasteiger partial charge in [0.2, 0.25) is 11.8 Å². The molecule has 2 N–H and O–H groups in total. The molecule has 66 heavy (non-hydrogen) atoms. The van der Waals surface area contributed by atoms with Crippen LogP contribution in [0.4, 0.5) is 0 Å². The number of unbranched alkanes of at least 4 members (excludes halogenated alkanes) is 2. The molecule has 6 aromatic rings. The van der Waals surface area contributed by atoms with Gasteiger partial charge in [0.1, 0.15) is 23.5 Å². The number of fused-ring (bicyclic) bond motifs is 5. The molecule has 1 unspecified atom stereocenters. The SMILES string of the molecule is Cc1cc(C(C(=O)N2C[C@H](O)C[C@H]2C(=O)N[C@@H](CCCCCN2CCC(c3ccc4c(c3)C(C)(C)c3nc(=O)c5c(Cl)cccc5n3-4)CC2)c2ccc(-c3scnc3C)cc2)C(C)C)on1. The van der Waals surface area contributed by atoms with Crippen LogP contribution in [0.15, 0.2) is 81.6 Å². The van der Waals surface area contributed by atoms with Gasteiger partial charge in [0.15, 0.2) is 0 Å². The van der Waals surface area contributed by atoms with Crippen molar-refractivity contribution in [1.29, 1.82) is 0 Å². The number of nitrogens with zero attached hydrogens (tertiary/aromatic N) is 6. The Morgan fingerprint density at radius 3 is 2.48 bits per heavy atom.